The maximum Gasteiger partial charge on any atom is 0.573 e. The van der Waals surface area contributed by atoms with Gasteiger partial charge in [-0.3, -0.25) is 4.79 Å². The molecule has 2 aromatic carbocycles. The van der Waals surface area contributed by atoms with E-state index in [1.54, 1.807) is 6.92 Å². The first-order valence-corrected chi connectivity index (χ1v) is 17.1. The van der Waals surface area contributed by atoms with Crippen LogP contribution in [-0.4, -0.2) is 85.4 Å². The van der Waals surface area contributed by atoms with Crippen molar-refractivity contribution in [1.82, 2.24) is 24.6 Å². The number of piperazine rings is 1. The van der Waals surface area contributed by atoms with Gasteiger partial charge in [-0.15, -0.1) is 13.2 Å². The number of hydrogen-bond acceptors (Lipinski definition) is 10. The molecule has 3 heterocycles. The highest BCUT2D eigenvalue weighted by molar-refractivity contribution is 7.88. The van der Waals surface area contributed by atoms with E-state index in [9.17, 15) is 57.1 Å². The monoisotopic (exact) mass is 794 g/mol. The molecule has 0 spiro atoms. The lowest BCUT2D eigenvalue weighted by Crippen LogP contribution is -2.48. The van der Waals surface area contributed by atoms with Crippen LogP contribution < -0.4 is 19.7 Å². The second-order valence-corrected chi connectivity index (χ2v) is 13.5. The number of nitrogens with zero attached hydrogens (tertiary/aromatic N) is 5. The Morgan fingerprint density at radius 3 is 1.94 bits per heavy atom. The molecule has 1 N–H and O–H groups in total. The number of carbonyl (C=O) groups is 1. The minimum atomic E-state index is -4.68. The van der Waals surface area contributed by atoms with Crippen LogP contribution in [0.2, 0.25) is 0 Å². The van der Waals surface area contributed by atoms with Crippen LogP contribution >= 0.6 is 11.3 Å². The van der Waals surface area contributed by atoms with E-state index in [-0.39, 0.29) is 23.7 Å². The number of thiazole rings is 1. The first-order chi connectivity index (χ1) is 24.1. The molecule has 1 fully saturated rings. The molecule has 286 valence electrons. The molecule has 52 heavy (non-hydrogen) atoms. The molecule has 11 nitrogen and oxygen atoms in total. The van der Waals surface area contributed by atoms with Crippen LogP contribution in [0, 0.1) is 6.92 Å². The van der Waals surface area contributed by atoms with Crippen molar-refractivity contribution < 1.29 is 66.6 Å². The van der Waals surface area contributed by atoms with Gasteiger partial charge in [-0.2, -0.15) is 40.0 Å². The lowest BCUT2D eigenvalue weighted by atomic mass is 10.2. The highest BCUT2D eigenvalue weighted by Gasteiger charge is 2.44. The smallest absolute Gasteiger partial charge is 0.428 e. The summed E-state index contributed by atoms with van der Waals surface area (Å²) in [6, 6.07) is 10.7. The van der Waals surface area contributed by atoms with Gasteiger partial charge in [0.25, 0.3) is 0 Å². The van der Waals surface area contributed by atoms with Crippen molar-refractivity contribution in [3.63, 3.8) is 0 Å². The quantitative estimate of drug-likeness (QED) is 0.155. The third-order valence-electron chi connectivity index (χ3n) is 6.45. The lowest BCUT2D eigenvalue weighted by Gasteiger charge is -2.32. The van der Waals surface area contributed by atoms with Crippen molar-refractivity contribution in [3.8, 4) is 11.5 Å². The number of halogens is 10. The van der Waals surface area contributed by atoms with Gasteiger partial charge in [0.1, 0.15) is 11.5 Å². The van der Waals surface area contributed by atoms with Gasteiger partial charge < -0.3 is 19.7 Å². The number of nitrogens with one attached hydrogen (secondary N) is 1. The van der Waals surface area contributed by atoms with E-state index in [4.69, 9.17) is 0 Å². The van der Waals surface area contributed by atoms with Gasteiger partial charge in [0.05, 0.1) is 17.2 Å². The van der Waals surface area contributed by atoms with E-state index >= 15 is 0 Å². The third-order valence-corrected chi connectivity index (χ3v) is 8.79. The van der Waals surface area contributed by atoms with Gasteiger partial charge in [0, 0.05) is 32.7 Å². The number of anilines is 1. The number of aryl methyl sites for hydroxylation is 1. The normalized spacial score (nSPS) is 14.2. The number of alkyl halides is 10. The zero-order valence-corrected chi connectivity index (χ0v) is 28.4. The van der Waals surface area contributed by atoms with Gasteiger partial charge in [-0.05, 0) is 36.8 Å². The van der Waals surface area contributed by atoms with Crippen LogP contribution in [0.4, 0.5) is 49.0 Å². The fourth-order valence-corrected chi connectivity index (χ4v) is 5.74. The van der Waals surface area contributed by atoms with Crippen LogP contribution in [0.3, 0.4) is 0 Å². The molecule has 0 radical (unpaired) electrons. The highest BCUT2D eigenvalue weighted by Crippen LogP contribution is 2.32. The Balaban J connectivity index is 0.000000221. The Morgan fingerprint density at radius 2 is 1.44 bits per heavy atom. The fourth-order valence-electron chi connectivity index (χ4n) is 3.98. The summed E-state index contributed by atoms with van der Waals surface area (Å²) in [5.41, 5.74) is 1.52. The first-order valence-electron chi connectivity index (χ1n) is 14.4. The molecule has 0 saturated carbocycles. The zero-order valence-electron chi connectivity index (χ0n) is 26.8. The van der Waals surface area contributed by atoms with Crippen LogP contribution in [0.1, 0.15) is 17.0 Å². The Morgan fingerprint density at radius 1 is 0.885 bits per heavy atom. The predicted molar refractivity (Wildman–Crippen MR) is 168 cm³/mol. The number of hydrogen-bond donors (Lipinski definition) is 1. The minimum Gasteiger partial charge on any atom is -0.428 e. The van der Waals surface area contributed by atoms with E-state index in [0.717, 1.165) is 18.0 Å². The second kappa shape index (κ2) is 17.3. The molecule has 1 amide bonds. The van der Waals surface area contributed by atoms with E-state index in [2.05, 4.69) is 29.7 Å². The maximum atomic E-state index is 12.6. The van der Waals surface area contributed by atoms with Crippen molar-refractivity contribution in [1.29, 1.82) is 0 Å². The summed E-state index contributed by atoms with van der Waals surface area (Å²) in [4.78, 5) is 22.7. The van der Waals surface area contributed by atoms with E-state index in [1.165, 1.54) is 64.2 Å². The molecule has 5 rings (SSSR count). The highest BCUT2D eigenvalue weighted by atomic mass is 32.2. The Hall–Kier alpha value is -4.51. The van der Waals surface area contributed by atoms with Crippen molar-refractivity contribution in [2.24, 2.45) is 0 Å². The zero-order chi connectivity index (χ0) is 38.9. The van der Waals surface area contributed by atoms with E-state index < -0.39 is 40.9 Å². The second-order valence-electron chi connectivity index (χ2n) is 10.5. The molecule has 1 saturated heterocycles. The molecule has 1 aliphatic rings. The standard InChI is InChI=1S/C11H12F3N5O2S2.C9H8F4O.C9H8F3NO2/c1-23(20,21)19-4-2-18(3-5-19)10-17-8-7(22-10)6-15-9(16-8)11(12,13)14;1-6-2-4-7(5-3-6)14-9(12,13)8(10)11;10-9(11,12)15-8-3-1-7(2-4-8)5-13-6-14/h6H,2-5H2,1H3;2-5,8H,1H3;1-4,6H,5H2,(H,13,14). The van der Waals surface area contributed by atoms with Crippen LogP contribution in [0.15, 0.2) is 54.7 Å². The fraction of sp³-hybridized carbons (Fsp3) is 0.379. The van der Waals surface area contributed by atoms with Crippen LogP contribution in [-0.2, 0) is 27.5 Å². The number of sulfonamides is 1. The van der Waals surface area contributed by atoms with Gasteiger partial charge in [0.2, 0.25) is 22.3 Å². The van der Waals surface area contributed by atoms with Crippen molar-refractivity contribution in [2.45, 2.75) is 38.5 Å². The molecule has 0 atom stereocenters. The number of ether oxygens (including phenoxy) is 2. The molecule has 1 aliphatic heterocycles. The third kappa shape index (κ3) is 13.2. The average molecular weight is 795 g/mol. The largest absolute Gasteiger partial charge is 0.573 e. The Bertz CT molecular complexity index is 1850. The van der Waals surface area contributed by atoms with Gasteiger partial charge in [-0.1, -0.05) is 41.2 Å². The van der Waals surface area contributed by atoms with E-state index in [0.29, 0.717) is 48.0 Å². The van der Waals surface area contributed by atoms with Gasteiger partial charge in [-0.25, -0.2) is 18.4 Å². The topological polar surface area (TPSA) is 127 Å². The number of rotatable bonds is 9. The molecule has 0 aliphatic carbocycles. The summed E-state index contributed by atoms with van der Waals surface area (Å²) in [7, 11) is -3.24. The van der Waals surface area contributed by atoms with Crippen molar-refractivity contribution in [3.05, 3.63) is 71.7 Å². The first kappa shape index (κ1) is 41.9. The number of fused-ring (bicyclic) bond motifs is 1. The minimum absolute atomic E-state index is 0.00197. The van der Waals surface area contributed by atoms with Crippen LogP contribution in [0.5, 0.6) is 11.5 Å². The SMILES string of the molecule is CS(=O)(=O)N1CCN(c2nc3nc(C(F)(F)F)ncc3s2)CC1.Cc1ccc(OC(F)(F)C(F)F)cc1.O=CNCc1ccc(OC(F)(F)F)cc1. The number of carbonyl (C=O) groups excluding carboxylic acids is 1. The van der Waals surface area contributed by atoms with Crippen molar-refractivity contribution in [2.75, 3.05) is 37.3 Å². The Kier molecular flexibility index (Phi) is 14.0. The van der Waals surface area contributed by atoms with Crippen LogP contribution in [0.25, 0.3) is 10.3 Å². The van der Waals surface area contributed by atoms with E-state index in [1.807, 2.05) is 4.90 Å². The summed E-state index contributed by atoms with van der Waals surface area (Å²) in [5.74, 6) is -1.78. The molecule has 2 aromatic heterocycles. The predicted octanol–water partition coefficient (Wildman–Crippen LogP) is 6.25. The summed E-state index contributed by atoms with van der Waals surface area (Å²) in [6.45, 7) is 3.49. The summed E-state index contributed by atoms with van der Waals surface area (Å²) in [6.07, 6.45) is -14.8. The molecular formula is C29H28F10N6O5S2. The van der Waals surface area contributed by atoms with Gasteiger partial charge >= 0.3 is 25.1 Å². The Labute approximate surface area is 293 Å². The molecule has 4 aromatic rings. The number of benzene rings is 2. The summed E-state index contributed by atoms with van der Waals surface area (Å²) >= 11 is 1.19. The average Bonchev–Trinajstić information content (AvgIpc) is 3.48. The molecule has 0 unspecified atom stereocenters. The molecular weight excluding hydrogens is 766 g/mol. The summed E-state index contributed by atoms with van der Waals surface area (Å²) < 4.78 is 154. The molecule has 0 bridgehead atoms. The number of aromatic nitrogens is 3. The number of amides is 1. The molecule has 23 heteroatoms. The van der Waals surface area contributed by atoms with Gasteiger partial charge in [0.15, 0.2) is 10.8 Å². The summed E-state index contributed by atoms with van der Waals surface area (Å²) in [5, 5.41) is 2.90. The lowest BCUT2D eigenvalue weighted by molar-refractivity contribution is -0.274. The van der Waals surface area contributed by atoms with Crippen molar-refractivity contribution >= 4 is 43.2 Å². The maximum absolute atomic E-state index is 12.6.